The molecule has 1 aromatic heterocycles. The molecule has 8 heteroatoms. The minimum atomic E-state index is -2.01. The molecule has 0 fully saturated rings. The van der Waals surface area contributed by atoms with Crippen LogP contribution in [0.4, 0.5) is 11.9 Å². The van der Waals surface area contributed by atoms with Crippen LogP contribution in [0.25, 0.3) is 0 Å². The fourth-order valence-corrected chi connectivity index (χ4v) is 3.22. The van der Waals surface area contributed by atoms with Crippen LogP contribution in [-0.2, 0) is 0 Å². The Morgan fingerprint density at radius 3 is 1.83 bits per heavy atom. The van der Waals surface area contributed by atoms with Gasteiger partial charge in [0.2, 0.25) is 11.9 Å². The zero-order chi connectivity index (χ0) is 18.3. The number of hydrogen-bond acceptors (Lipinski definition) is 6. The van der Waals surface area contributed by atoms with Gasteiger partial charge in [-0.2, -0.15) is 15.0 Å². The second-order valence-corrected chi connectivity index (χ2v) is 18.9. The van der Waals surface area contributed by atoms with Crippen LogP contribution in [0.3, 0.4) is 0 Å². The summed E-state index contributed by atoms with van der Waals surface area (Å²) in [7, 11) is -3.80. The fourth-order valence-electron chi connectivity index (χ4n) is 1.32. The number of rotatable bonds is 4. The van der Waals surface area contributed by atoms with Crippen molar-refractivity contribution in [2.45, 2.75) is 77.8 Å². The molecule has 0 saturated heterocycles. The van der Waals surface area contributed by atoms with Gasteiger partial charge in [0.25, 0.3) is 8.32 Å². The summed E-state index contributed by atoms with van der Waals surface area (Å²) in [5, 5.41) is 0.232. The molecule has 0 saturated carbocycles. The standard InChI is InChI=1S/C15H33N5OSi2/c1-14(2,3)22(7,8)20-12-17-11(16)18-13(19-12)21-23(9,10)15(4,5)6/h1-10H3,(H3,16,17,18,19,20). The topological polar surface area (TPSA) is 86.0 Å². The van der Waals surface area contributed by atoms with Gasteiger partial charge in [-0.05, 0) is 23.2 Å². The van der Waals surface area contributed by atoms with Crippen molar-refractivity contribution in [1.82, 2.24) is 15.0 Å². The lowest BCUT2D eigenvalue weighted by molar-refractivity contribution is 0.459. The van der Waals surface area contributed by atoms with Crippen LogP contribution >= 0.6 is 0 Å². The summed E-state index contributed by atoms with van der Waals surface area (Å²) in [5.74, 6) is 0.702. The quantitative estimate of drug-likeness (QED) is 0.785. The smallest absolute Gasteiger partial charge is 0.309 e. The van der Waals surface area contributed by atoms with Crippen molar-refractivity contribution in [3.05, 3.63) is 0 Å². The molecule has 1 heterocycles. The molecule has 0 aliphatic carbocycles. The largest absolute Gasteiger partial charge is 0.517 e. The Kier molecular flexibility index (Phi) is 5.23. The van der Waals surface area contributed by atoms with Gasteiger partial charge < -0.3 is 15.1 Å². The lowest BCUT2D eigenvalue weighted by Crippen LogP contribution is -2.47. The summed E-state index contributed by atoms with van der Waals surface area (Å²) >= 11 is 0. The Morgan fingerprint density at radius 2 is 1.39 bits per heavy atom. The number of aromatic nitrogens is 3. The molecule has 132 valence electrons. The number of nitrogen functional groups attached to an aromatic ring is 1. The van der Waals surface area contributed by atoms with E-state index < -0.39 is 16.6 Å². The average Bonchev–Trinajstić information content (AvgIpc) is 2.22. The van der Waals surface area contributed by atoms with Gasteiger partial charge in [-0.1, -0.05) is 54.6 Å². The van der Waals surface area contributed by atoms with E-state index >= 15 is 0 Å². The molecule has 0 spiro atoms. The van der Waals surface area contributed by atoms with E-state index in [1.807, 2.05) is 0 Å². The Hall–Kier alpha value is -1.16. The summed E-state index contributed by atoms with van der Waals surface area (Å²) in [6.07, 6.45) is 0. The third-order valence-corrected chi connectivity index (χ3v) is 14.0. The minimum Gasteiger partial charge on any atom is -0.517 e. The van der Waals surface area contributed by atoms with Crippen molar-refractivity contribution in [2.75, 3.05) is 10.7 Å². The average molecular weight is 356 g/mol. The number of nitrogens with one attached hydrogen (secondary N) is 1. The van der Waals surface area contributed by atoms with E-state index in [1.165, 1.54) is 0 Å². The molecule has 0 amide bonds. The molecule has 6 nitrogen and oxygen atoms in total. The lowest BCUT2D eigenvalue weighted by Gasteiger charge is -2.37. The highest BCUT2D eigenvalue weighted by Crippen LogP contribution is 2.38. The van der Waals surface area contributed by atoms with Gasteiger partial charge in [-0.15, -0.1) is 0 Å². The Balaban J connectivity index is 3.10. The van der Waals surface area contributed by atoms with Gasteiger partial charge in [0, 0.05) is 0 Å². The summed E-state index contributed by atoms with van der Waals surface area (Å²) in [6.45, 7) is 22.0. The maximum atomic E-state index is 6.16. The molecule has 0 aliphatic rings. The molecule has 0 aromatic carbocycles. The second-order valence-electron chi connectivity index (χ2n) is 9.16. The highest BCUT2D eigenvalue weighted by atomic mass is 28.4. The summed E-state index contributed by atoms with van der Waals surface area (Å²) in [4.78, 5) is 16.4. The number of nitrogens with zero attached hydrogens (tertiary/aromatic N) is 3. The van der Waals surface area contributed by atoms with Crippen molar-refractivity contribution in [2.24, 2.45) is 0 Å². The van der Waals surface area contributed by atoms with Crippen molar-refractivity contribution >= 4 is 28.4 Å². The summed E-state index contributed by atoms with van der Waals surface area (Å²) < 4.78 is 6.16. The first kappa shape index (κ1) is 19.9. The van der Waals surface area contributed by atoms with E-state index in [-0.39, 0.29) is 16.0 Å². The summed E-state index contributed by atoms with van der Waals surface area (Å²) in [5.41, 5.74) is 5.86. The fraction of sp³-hybridized carbons (Fsp3) is 0.800. The molecule has 0 atom stereocenters. The first-order chi connectivity index (χ1) is 10.1. The van der Waals surface area contributed by atoms with Crippen molar-refractivity contribution in [3.8, 4) is 6.01 Å². The van der Waals surface area contributed by atoms with E-state index in [1.54, 1.807) is 0 Å². The normalized spacial score (nSPS) is 13.8. The molecule has 0 aliphatic heterocycles. The van der Waals surface area contributed by atoms with Gasteiger partial charge in [0.1, 0.15) is 0 Å². The highest BCUT2D eigenvalue weighted by Gasteiger charge is 2.40. The van der Waals surface area contributed by atoms with E-state index in [0.717, 1.165) is 0 Å². The van der Waals surface area contributed by atoms with Crippen LogP contribution in [0, 0.1) is 0 Å². The van der Waals surface area contributed by atoms with Crippen LogP contribution in [-0.4, -0.2) is 31.5 Å². The maximum absolute atomic E-state index is 6.16. The number of hydrogen-bond donors (Lipinski definition) is 2. The molecule has 3 N–H and O–H groups in total. The minimum absolute atomic E-state index is 0.0708. The molecular weight excluding hydrogens is 322 g/mol. The van der Waals surface area contributed by atoms with E-state index in [4.69, 9.17) is 10.2 Å². The van der Waals surface area contributed by atoms with Crippen molar-refractivity contribution in [1.29, 1.82) is 0 Å². The van der Waals surface area contributed by atoms with Gasteiger partial charge in [-0.25, -0.2) is 0 Å². The van der Waals surface area contributed by atoms with Gasteiger partial charge in [-0.3, -0.25) is 0 Å². The van der Waals surface area contributed by atoms with Crippen LogP contribution in [0.2, 0.25) is 36.3 Å². The zero-order valence-electron chi connectivity index (χ0n) is 16.3. The van der Waals surface area contributed by atoms with E-state index in [9.17, 15) is 0 Å². The summed E-state index contributed by atoms with van der Waals surface area (Å²) in [6, 6.07) is 0.324. The van der Waals surface area contributed by atoms with Crippen LogP contribution in [0.5, 0.6) is 6.01 Å². The van der Waals surface area contributed by atoms with E-state index in [2.05, 4.69) is 87.7 Å². The van der Waals surface area contributed by atoms with E-state index in [0.29, 0.717) is 12.0 Å². The van der Waals surface area contributed by atoms with Gasteiger partial charge in [0.05, 0.1) is 0 Å². The predicted octanol–water partition coefficient (Wildman–Crippen LogP) is 4.25. The molecule has 0 unspecified atom stereocenters. The Labute approximate surface area is 142 Å². The van der Waals surface area contributed by atoms with Crippen LogP contribution in [0.15, 0.2) is 0 Å². The first-order valence-electron chi connectivity index (χ1n) is 8.04. The molecule has 0 bridgehead atoms. The molecule has 1 rings (SSSR count). The van der Waals surface area contributed by atoms with Gasteiger partial charge in [0.15, 0.2) is 8.24 Å². The van der Waals surface area contributed by atoms with Crippen LogP contribution < -0.4 is 15.1 Å². The number of nitrogens with two attached hydrogens (primary N) is 1. The predicted molar refractivity (Wildman–Crippen MR) is 103 cm³/mol. The second kappa shape index (κ2) is 6.05. The lowest BCUT2D eigenvalue weighted by atomic mass is 10.2. The third-order valence-electron chi connectivity index (χ3n) is 5.08. The molecular formula is C15H33N5OSi2. The third kappa shape index (κ3) is 4.91. The highest BCUT2D eigenvalue weighted by molar-refractivity contribution is 6.82. The maximum Gasteiger partial charge on any atom is 0.309 e. The molecule has 1 aromatic rings. The van der Waals surface area contributed by atoms with Gasteiger partial charge >= 0.3 is 6.01 Å². The monoisotopic (exact) mass is 355 g/mol. The Morgan fingerprint density at radius 1 is 0.870 bits per heavy atom. The Bertz CT molecular complexity index is 516. The molecule has 0 radical (unpaired) electrons. The first-order valence-corrected chi connectivity index (χ1v) is 13.9. The van der Waals surface area contributed by atoms with Crippen molar-refractivity contribution in [3.63, 3.8) is 0 Å². The SMILES string of the molecule is CC(C)(C)[Si](C)(C)Nc1nc(N)nc(O[Si](C)(C)C(C)(C)C)n1. The van der Waals surface area contributed by atoms with Crippen molar-refractivity contribution < 1.29 is 4.43 Å². The zero-order valence-corrected chi connectivity index (χ0v) is 18.3. The van der Waals surface area contributed by atoms with Crippen LogP contribution in [0.1, 0.15) is 41.5 Å². The number of anilines is 2. The molecule has 23 heavy (non-hydrogen) atoms.